The van der Waals surface area contributed by atoms with Crippen molar-refractivity contribution in [2.75, 3.05) is 17.6 Å². The van der Waals surface area contributed by atoms with Gasteiger partial charge in [0, 0.05) is 35.6 Å². The van der Waals surface area contributed by atoms with E-state index in [0.29, 0.717) is 11.7 Å². The topological polar surface area (TPSA) is 67.2 Å². The van der Waals surface area contributed by atoms with Crippen LogP contribution >= 0.6 is 23.1 Å². The van der Waals surface area contributed by atoms with Gasteiger partial charge in [-0.2, -0.15) is 0 Å². The lowest BCUT2D eigenvalue weighted by Crippen LogP contribution is -2.30. The molecule has 2 aromatic heterocycles. The lowest BCUT2D eigenvalue weighted by molar-refractivity contribution is -0.113. The zero-order valence-electron chi connectivity index (χ0n) is 23.5. The van der Waals surface area contributed by atoms with Crippen molar-refractivity contribution in [2.45, 2.75) is 31.2 Å². The van der Waals surface area contributed by atoms with Crippen molar-refractivity contribution in [3.63, 3.8) is 0 Å². The summed E-state index contributed by atoms with van der Waals surface area (Å²) in [6.45, 7) is 2.99. The Kier molecular flexibility index (Phi) is 7.80. The maximum atomic E-state index is 14.1. The quantitative estimate of drug-likeness (QED) is 0.151. The highest BCUT2D eigenvalue weighted by Crippen LogP contribution is 2.34. The molecular weight excluding hydrogens is 573 g/mol. The number of benzene rings is 4. The fourth-order valence-electron chi connectivity index (χ4n) is 5.75. The summed E-state index contributed by atoms with van der Waals surface area (Å²) in [6.07, 6.45) is 0.824. The second-order valence-corrected chi connectivity index (χ2v) is 12.8. The molecule has 8 heteroatoms. The zero-order chi connectivity index (χ0) is 29.2. The van der Waals surface area contributed by atoms with Gasteiger partial charge < -0.3 is 5.32 Å². The van der Waals surface area contributed by atoms with Crippen molar-refractivity contribution in [1.82, 2.24) is 14.5 Å². The molecule has 7 rings (SSSR count). The van der Waals surface area contributed by atoms with Gasteiger partial charge in [-0.15, -0.1) is 11.3 Å². The predicted molar refractivity (Wildman–Crippen MR) is 177 cm³/mol. The highest BCUT2D eigenvalue weighted by molar-refractivity contribution is 7.99. The second-order valence-electron chi connectivity index (χ2n) is 10.8. The van der Waals surface area contributed by atoms with E-state index in [0.717, 1.165) is 63.9 Å². The summed E-state index contributed by atoms with van der Waals surface area (Å²) in [5.41, 5.74) is 4.19. The fourth-order valence-corrected chi connectivity index (χ4v) is 7.86. The summed E-state index contributed by atoms with van der Waals surface area (Å²) in [7, 11) is 0. The number of amides is 1. The molecule has 0 spiro atoms. The van der Waals surface area contributed by atoms with Gasteiger partial charge in [0.1, 0.15) is 4.83 Å². The van der Waals surface area contributed by atoms with Crippen molar-refractivity contribution in [2.24, 2.45) is 0 Å². The number of hydrogen-bond donors (Lipinski definition) is 1. The first-order chi connectivity index (χ1) is 21.1. The van der Waals surface area contributed by atoms with Crippen molar-refractivity contribution < 1.29 is 4.79 Å². The molecule has 43 heavy (non-hydrogen) atoms. The summed E-state index contributed by atoms with van der Waals surface area (Å²) >= 11 is 2.93. The fraction of sp³-hybridized carbons (Fsp3) is 0.171. The molecule has 0 saturated heterocycles. The van der Waals surface area contributed by atoms with Gasteiger partial charge in [-0.25, -0.2) is 4.98 Å². The molecule has 0 radical (unpaired) electrons. The molecule has 1 aliphatic rings. The maximum absolute atomic E-state index is 14.1. The van der Waals surface area contributed by atoms with Crippen LogP contribution in [0.3, 0.4) is 0 Å². The molecule has 0 fully saturated rings. The van der Waals surface area contributed by atoms with Gasteiger partial charge in [-0.05, 0) is 34.6 Å². The second kappa shape index (κ2) is 12.2. The number of fused-ring (bicyclic) bond motifs is 4. The van der Waals surface area contributed by atoms with Gasteiger partial charge in [-0.1, -0.05) is 109 Å². The molecule has 4 aromatic carbocycles. The highest BCUT2D eigenvalue weighted by atomic mass is 32.2. The first-order valence-corrected chi connectivity index (χ1v) is 16.2. The zero-order valence-corrected chi connectivity index (χ0v) is 25.2. The molecule has 0 aliphatic carbocycles. The smallest absolute Gasteiger partial charge is 0.263 e. The Morgan fingerprint density at radius 3 is 2.35 bits per heavy atom. The lowest BCUT2D eigenvalue weighted by atomic mass is 10.0. The SMILES string of the molecule is O=C(CSc1nc2sc3c(c2c(=O)n1Cc1ccccc1)CCN(Cc1ccccc1)C3)Nc1cccc2ccccc12. The van der Waals surface area contributed by atoms with Crippen LogP contribution in [0.1, 0.15) is 21.6 Å². The molecule has 0 saturated carbocycles. The first kappa shape index (κ1) is 27.6. The van der Waals surface area contributed by atoms with E-state index in [1.54, 1.807) is 15.9 Å². The molecule has 6 aromatic rings. The van der Waals surface area contributed by atoms with Crippen LogP contribution in [0.15, 0.2) is 113 Å². The van der Waals surface area contributed by atoms with Gasteiger partial charge in [0.15, 0.2) is 5.16 Å². The van der Waals surface area contributed by atoms with E-state index in [9.17, 15) is 9.59 Å². The van der Waals surface area contributed by atoms with E-state index < -0.39 is 0 Å². The van der Waals surface area contributed by atoms with Crippen molar-refractivity contribution in [3.05, 3.63) is 135 Å². The number of carbonyl (C=O) groups excluding carboxylic acids is 1. The summed E-state index contributed by atoms with van der Waals surface area (Å²) in [5.74, 6) is 0.00955. The molecule has 0 bridgehead atoms. The Labute approximate surface area is 258 Å². The average Bonchev–Trinajstić information content (AvgIpc) is 3.40. The van der Waals surface area contributed by atoms with Crippen LogP contribution in [-0.2, 0) is 30.8 Å². The third-order valence-electron chi connectivity index (χ3n) is 7.83. The van der Waals surface area contributed by atoms with E-state index in [1.165, 1.54) is 22.2 Å². The number of thioether (sulfide) groups is 1. The van der Waals surface area contributed by atoms with E-state index in [2.05, 4.69) is 34.5 Å². The lowest BCUT2D eigenvalue weighted by Gasteiger charge is -2.26. The van der Waals surface area contributed by atoms with Gasteiger partial charge in [0.2, 0.25) is 5.91 Å². The number of rotatable bonds is 8. The largest absolute Gasteiger partial charge is 0.325 e. The van der Waals surface area contributed by atoms with Crippen LogP contribution in [0.25, 0.3) is 21.0 Å². The molecular formula is C35H30N4O2S2. The predicted octanol–water partition coefficient (Wildman–Crippen LogP) is 6.95. The Morgan fingerprint density at radius 1 is 0.860 bits per heavy atom. The average molecular weight is 603 g/mol. The van der Waals surface area contributed by atoms with Gasteiger partial charge in [-0.3, -0.25) is 19.1 Å². The third-order valence-corrected chi connectivity index (χ3v) is 9.92. The molecule has 1 N–H and O–H groups in total. The summed E-state index contributed by atoms with van der Waals surface area (Å²) in [4.78, 5) is 36.7. The van der Waals surface area contributed by atoms with Crippen LogP contribution in [0.2, 0.25) is 0 Å². The van der Waals surface area contributed by atoms with Gasteiger partial charge in [0.05, 0.1) is 17.7 Å². The van der Waals surface area contributed by atoms with Crippen LogP contribution < -0.4 is 10.9 Å². The number of aromatic nitrogens is 2. The first-order valence-electron chi connectivity index (χ1n) is 14.4. The minimum Gasteiger partial charge on any atom is -0.325 e. The molecule has 3 heterocycles. The number of nitrogens with zero attached hydrogens (tertiary/aromatic N) is 3. The van der Waals surface area contributed by atoms with E-state index >= 15 is 0 Å². The third kappa shape index (κ3) is 5.86. The highest BCUT2D eigenvalue weighted by Gasteiger charge is 2.26. The Hall–Kier alpha value is -4.24. The van der Waals surface area contributed by atoms with Crippen LogP contribution in [-0.4, -0.2) is 32.7 Å². The Balaban J connectivity index is 1.18. The van der Waals surface area contributed by atoms with Crippen LogP contribution in [0, 0.1) is 0 Å². The maximum Gasteiger partial charge on any atom is 0.263 e. The van der Waals surface area contributed by atoms with Crippen molar-refractivity contribution in [3.8, 4) is 0 Å². The molecule has 214 valence electrons. The summed E-state index contributed by atoms with van der Waals surface area (Å²) in [5, 5.41) is 6.43. The summed E-state index contributed by atoms with van der Waals surface area (Å²) < 4.78 is 1.75. The van der Waals surface area contributed by atoms with Gasteiger partial charge >= 0.3 is 0 Å². The van der Waals surface area contributed by atoms with Crippen LogP contribution in [0.5, 0.6) is 0 Å². The molecule has 0 atom stereocenters. The Morgan fingerprint density at radius 2 is 1.56 bits per heavy atom. The van der Waals surface area contributed by atoms with E-state index in [-0.39, 0.29) is 17.2 Å². The van der Waals surface area contributed by atoms with Crippen molar-refractivity contribution in [1.29, 1.82) is 0 Å². The van der Waals surface area contributed by atoms with E-state index in [4.69, 9.17) is 4.98 Å². The molecule has 6 nitrogen and oxygen atoms in total. The van der Waals surface area contributed by atoms with Crippen molar-refractivity contribution >= 4 is 55.7 Å². The molecule has 0 unspecified atom stereocenters. The molecule has 1 aliphatic heterocycles. The minimum atomic E-state index is -0.135. The van der Waals surface area contributed by atoms with E-state index in [1.807, 2.05) is 78.9 Å². The standard InChI is InChI=1S/C35H30N4O2S2/c40-31(36-29-17-9-15-26-14-7-8-16-27(26)29)23-42-35-37-33-32(34(41)39(35)21-25-12-5-2-6-13-25)28-18-19-38(22-30(28)43-33)20-24-10-3-1-4-11-24/h1-17H,18-23H2,(H,36,40). The van der Waals surface area contributed by atoms with Gasteiger partial charge in [0.25, 0.3) is 5.56 Å². The number of anilines is 1. The number of thiophene rings is 1. The number of hydrogen-bond acceptors (Lipinski definition) is 6. The summed E-state index contributed by atoms with van der Waals surface area (Å²) in [6, 6.07) is 34.3. The monoisotopic (exact) mass is 602 g/mol. The normalized spacial score (nSPS) is 13.3. The minimum absolute atomic E-state index is 0.0279. The molecule has 1 amide bonds. The Bertz CT molecular complexity index is 1980. The van der Waals surface area contributed by atoms with Crippen LogP contribution in [0.4, 0.5) is 5.69 Å². The number of nitrogens with one attached hydrogen (secondary N) is 1. The number of carbonyl (C=O) groups is 1.